The lowest BCUT2D eigenvalue weighted by molar-refractivity contribution is 0.189. The van der Waals surface area contributed by atoms with Gasteiger partial charge in [0.05, 0.1) is 12.2 Å². The number of hydrogen-bond donors (Lipinski definition) is 1. The molecule has 6 nitrogen and oxygen atoms in total. The number of nitrogens with one attached hydrogen (secondary N) is 1. The van der Waals surface area contributed by atoms with Gasteiger partial charge in [0.15, 0.2) is 0 Å². The Morgan fingerprint density at radius 3 is 2.92 bits per heavy atom. The molecule has 0 aliphatic carbocycles. The van der Waals surface area contributed by atoms with Gasteiger partial charge in [-0.25, -0.2) is 9.67 Å². The van der Waals surface area contributed by atoms with Crippen LogP contribution in [0.1, 0.15) is 36.5 Å². The number of piperidine rings is 1. The molecule has 3 rings (SSSR count). The van der Waals surface area contributed by atoms with Crippen molar-refractivity contribution < 1.29 is 0 Å². The van der Waals surface area contributed by atoms with Crippen LogP contribution in [0.3, 0.4) is 0 Å². The minimum atomic E-state index is 0.409. The fourth-order valence-electron chi connectivity index (χ4n) is 2.97. The Balaban J connectivity index is 1.72. The zero-order valence-corrected chi connectivity index (χ0v) is 14.9. The van der Waals surface area contributed by atoms with E-state index in [9.17, 15) is 5.26 Å². The molecule has 126 valence electrons. The van der Waals surface area contributed by atoms with Crippen LogP contribution in [-0.4, -0.2) is 39.3 Å². The van der Waals surface area contributed by atoms with Crippen LogP contribution in [0.2, 0.25) is 0 Å². The van der Waals surface area contributed by atoms with Gasteiger partial charge in [0.1, 0.15) is 22.5 Å². The van der Waals surface area contributed by atoms with Crippen LogP contribution in [0.25, 0.3) is 5.57 Å². The average molecular weight is 342 g/mol. The molecule has 2 aromatic heterocycles. The van der Waals surface area contributed by atoms with Gasteiger partial charge >= 0.3 is 0 Å². The number of hydrogen-bond acceptors (Lipinski definition) is 6. The van der Waals surface area contributed by atoms with Crippen LogP contribution < -0.4 is 5.32 Å². The zero-order valence-electron chi connectivity index (χ0n) is 14.1. The largest absolute Gasteiger partial charge is 0.345 e. The number of allylic oxidation sites excluding steroid dienone is 1. The highest BCUT2D eigenvalue weighted by atomic mass is 32.1. The van der Waals surface area contributed by atoms with Crippen molar-refractivity contribution in [2.75, 3.05) is 25.0 Å². The summed E-state index contributed by atoms with van der Waals surface area (Å²) in [5.74, 6) is 0.922. The van der Waals surface area contributed by atoms with E-state index in [1.807, 2.05) is 29.2 Å². The number of likely N-dealkylation sites (tertiary alicyclic amines) is 1. The van der Waals surface area contributed by atoms with Gasteiger partial charge in [-0.2, -0.15) is 10.4 Å². The van der Waals surface area contributed by atoms with Gasteiger partial charge in [-0.3, -0.25) is 0 Å². The number of anilines is 1. The summed E-state index contributed by atoms with van der Waals surface area (Å²) >= 11 is 1.48. The molecule has 1 aliphatic heterocycles. The Labute approximate surface area is 146 Å². The monoisotopic (exact) mass is 342 g/mol. The summed E-state index contributed by atoms with van der Waals surface area (Å²) in [5.41, 5.74) is 1.48. The smallest absolute Gasteiger partial charge is 0.135 e. The van der Waals surface area contributed by atoms with Gasteiger partial charge in [0.25, 0.3) is 0 Å². The number of aryl methyl sites for hydroxylation is 1. The third-order valence-corrected chi connectivity index (χ3v) is 5.35. The number of nitriles is 1. The van der Waals surface area contributed by atoms with E-state index in [-0.39, 0.29) is 0 Å². The topological polar surface area (TPSA) is 69.8 Å². The van der Waals surface area contributed by atoms with Crippen LogP contribution in [0.5, 0.6) is 0 Å². The molecule has 1 N–H and O–H groups in total. The summed E-state index contributed by atoms with van der Waals surface area (Å²) in [6.07, 6.45) is 5.74. The summed E-state index contributed by atoms with van der Waals surface area (Å²) in [6.45, 7) is 7.46. The number of aromatic nitrogens is 3. The van der Waals surface area contributed by atoms with Crippen LogP contribution >= 0.6 is 11.3 Å². The standard InChI is InChI=1S/C17H22N6S/c1-3-22-8-5-15(6-9-22)23-16(4-7-20-23)19-11-14(10-18)17-21-13(2)12-24-17/h4,7,11-12,15,19H,3,5-6,8-9H2,1-2H3/b14-11+. The third kappa shape index (κ3) is 3.66. The van der Waals surface area contributed by atoms with Crippen LogP contribution in [-0.2, 0) is 0 Å². The van der Waals surface area contributed by atoms with E-state index >= 15 is 0 Å². The van der Waals surface area contributed by atoms with Crippen molar-refractivity contribution in [3.05, 3.63) is 34.5 Å². The van der Waals surface area contributed by atoms with Gasteiger partial charge in [-0.15, -0.1) is 11.3 Å². The van der Waals surface area contributed by atoms with Crippen molar-refractivity contribution in [2.24, 2.45) is 0 Å². The molecule has 0 bridgehead atoms. The molecule has 3 heterocycles. The molecule has 0 spiro atoms. The molecule has 0 atom stereocenters. The first kappa shape index (κ1) is 16.7. The molecule has 0 aromatic carbocycles. The first-order valence-corrected chi connectivity index (χ1v) is 9.14. The second-order valence-electron chi connectivity index (χ2n) is 5.93. The van der Waals surface area contributed by atoms with Crippen molar-refractivity contribution in [3.8, 4) is 6.07 Å². The van der Waals surface area contributed by atoms with E-state index in [1.54, 1.807) is 6.20 Å². The van der Waals surface area contributed by atoms with Crippen molar-refractivity contribution in [3.63, 3.8) is 0 Å². The van der Waals surface area contributed by atoms with E-state index in [0.29, 0.717) is 11.6 Å². The minimum Gasteiger partial charge on any atom is -0.345 e. The molecule has 7 heteroatoms. The van der Waals surface area contributed by atoms with E-state index < -0.39 is 0 Å². The average Bonchev–Trinajstić information content (AvgIpc) is 3.25. The second-order valence-corrected chi connectivity index (χ2v) is 6.79. The van der Waals surface area contributed by atoms with E-state index in [2.05, 4.69) is 33.3 Å². The van der Waals surface area contributed by atoms with Gasteiger partial charge < -0.3 is 10.2 Å². The number of rotatable bonds is 5. The quantitative estimate of drug-likeness (QED) is 0.845. The fraction of sp³-hybridized carbons (Fsp3) is 0.471. The highest BCUT2D eigenvalue weighted by Gasteiger charge is 2.21. The first-order valence-electron chi connectivity index (χ1n) is 8.26. The maximum Gasteiger partial charge on any atom is 0.135 e. The van der Waals surface area contributed by atoms with Gasteiger partial charge in [-0.05, 0) is 26.3 Å². The van der Waals surface area contributed by atoms with Crippen molar-refractivity contribution in [1.82, 2.24) is 19.7 Å². The molecule has 0 saturated carbocycles. The summed E-state index contributed by atoms with van der Waals surface area (Å²) < 4.78 is 2.05. The summed E-state index contributed by atoms with van der Waals surface area (Å²) in [4.78, 5) is 6.84. The highest BCUT2D eigenvalue weighted by Crippen LogP contribution is 2.26. The van der Waals surface area contributed by atoms with E-state index in [1.165, 1.54) is 11.3 Å². The number of thiazole rings is 1. The van der Waals surface area contributed by atoms with Crippen molar-refractivity contribution >= 4 is 22.7 Å². The molecular weight excluding hydrogens is 320 g/mol. The predicted molar refractivity (Wildman–Crippen MR) is 96.7 cm³/mol. The summed E-state index contributed by atoms with van der Waals surface area (Å²) in [7, 11) is 0. The van der Waals surface area contributed by atoms with Crippen LogP contribution in [0.15, 0.2) is 23.8 Å². The molecule has 1 fully saturated rings. The normalized spacial score (nSPS) is 17.0. The zero-order chi connectivity index (χ0) is 16.9. The molecule has 1 aliphatic rings. The number of nitrogens with zero attached hydrogens (tertiary/aromatic N) is 5. The molecule has 0 radical (unpaired) electrons. The predicted octanol–water partition coefficient (Wildman–Crippen LogP) is 3.28. The summed E-state index contributed by atoms with van der Waals surface area (Å²) in [5, 5.41) is 19.8. The Bertz CT molecular complexity index is 745. The molecule has 24 heavy (non-hydrogen) atoms. The lowest BCUT2D eigenvalue weighted by Crippen LogP contribution is -2.34. The molecule has 1 saturated heterocycles. The molecule has 0 unspecified atom stereocenters. The maximum absolute atomic E-state index is 9.37. The Hall–Kier alpha value is -2.17. The second kappa shape index (κ2) is 7.60. The highest BCUT2D eigenvalue weighted by molar-refractivity contribution is 7.10. The fourth-order valence-corrected chi connectivity index (χ4v) is 3.73. The lowest BCUT2D eigenvalue weighted by atomic mass is 10.1. The van der Waals surface area contributed by atoms with Gasteiger partial charge in [0.2, 0.25) is 0 Å². The first-order chi connectivity index (χ1) is 11.7. The summed E-state index contributed by atoms with van der Waals surface area (Å²) in [6, 6.07) is 4.57. The van der Waals surface area contributed by atoms with E-state index in [4.69, 9.17) is 0 Å². The van der Waals surface area contributed by atoms with E-state index in [0.717, 1.165) is 49.0 Å². The van der Waals surface area contributed by atoms with Gasteiger partial charge in [0, 0.05) is 36.4 Å². The molecule has 0 amide bonds. The Morgan fingerprint density at radius 2 is 2.29 bits per heavy atom. The Kier molecular flexibility index (Phi) is 5.28. The minimum absolute atomic E-state index is 0.409. The molecule has 2 aromatic rings. The van der Waals surface area contributed by atoms with Gasteiger partial charge in [-0.1, -0.05) is 6.92 Å². The maximum atomic E-state index is 9.37. The van der Waals surface area contributed by atoms with Crippen molar-refractivity contribution in [2.45, 2.75) is 32.7 Å². The lowest BCUT2D eigenvalue weighted by Gasteiger charge is -2.31. The van der Waals surface area contributed by atoms with Crippen LogP contribution in [0, 0.1) is 18.3 Å². The van der Waals surface area contributed by atoms with Crippen LogP contribution in [0.4, 0.5) is 5.82 Å². The third-order valence-electron chi connectivity index (χ3n) is 4.35. The SMILES string of the molecule is CCN1CCC(n2nccc2N/C=C(\C#N)c2nc(C)cs2)CC1. The van der Waals surface area contributed by atoms with Crippen molar-refractivity contribution in [1.29, 1.82) is 5.26 Å². The molecular formula is C17H22N6S. The Morgan fingerprint density at radius 1 is 1.50 bits per heavy atom.